The number of aromatic nitrogens is 4. The average molecular weight is 974 g/mol. The molecule has 0 aliphatic carbocycles. The third-order valence-electron chi connectivity index (χ3n) is 6.61. The van der Waals surface area contributed by atoms with Gasteiger partial charge in [-0.05, 0) is 114 Å². The third kappa shape index (κ3) is 16.5. The molecule has 0 unspecified atom stereocenters. The Hall–Kier alpha value is -2.95. The molecule has 2 amide bonds. The van der Waals surface area contributed by atoms with Crippen LogP contribution in [0.25, 0.3) is 0 Å². The summed E-state index contributed by atoms with van der Waals surface area (Å²) in [4.78, 5) is 40.7. The van der Waals surface area contributed by atoms with Crippen molar-refractivity contribution in [2.45, 2.75) is 46.7 Å². The minimum absolute atomic E-state index is 0. The standard InChI is InChI=1S/C13H11BrClN3O3.C9H11NO3.C8H19N.C4HBrCl2N2.Cu/c1-16-11(19)7-4-3-5-9(20-2)10(7)21-12-8(14)6-17-13(15)18-12;1-10-9(12)6-4-3-5-7(13-2)8(6)11;1-6-9(7(2)3)8(4)5;5-2-1-8-4(7)9-3(2)6;/h3-6H,1-2H3,(H,16,19);3-5,11H,1-2H3,(H,10,12);7-8H,6H2,1-5H3;1H;. The van der Waals surface area contributed by atoms with Crippen LogP contribution in [0.4, 0.5) is 0 Å². The molecule has 0 aliphatic heterocycles. The Morgan fingerprint density at radius 2 is 1.28 bits per heavy atom. The fourth-order valence-electron chi connectivity index (χ4n) is 4.25. The van der Waals surface area contributed by atoms with Crippen LogP contribution in [0.3, 0.4) is 0 Å². The summed E-state index contributed by atoms with van der Waals surface area (Å²) in [6, 6.07) is 11.1. The maximum atomic E-state index is 11.9. The van der Waals surface area contributed by atoms with Gasteiger partial charge in [-0.2, -0.15) is 4.98 Å². The molecule has 0 saturated carbocycles. The molecular weight excluding hydrogens is 932 g/mol. The second kappa shape index (κ2) is 26.0. The van der Waals surface area contributed by atoms with Crippen molar-refractivity contribution in [1.29, 1.82) is 0 Å². The van der Waals surface area contributed by atoms with E-state index in [1.54, 1.807) is 30.3 Å². The number of halogens is 5. The number of rotatable bonds is 9. The number of aromatic hydroxyl groups is 1. The van der Waals surface area contributed by atoms with Gasteiger partial charge in [0.1, 0.15) is 5.15 Å². The maximum absolute atomic E-state index is 11.9. The summed E-state index contributed by atoms with van der Waals surface area (Å²) in [7, 11) is 5.95. The van der Waals surface area contributed by atoms with E-state index in [0.717, 1.165) is 6.54 Å². The summed E-state index contributed by atoms with van der Waals surface area (Å²) in [6.07, 6.45) is 2.96. The first-order valence-corrected chi connectivity index (χ1v) is 18.2. The number of benzene rings is 2. The van der Waals surface area contributed by atoms with E-state index in [4.69, 9.17) is 49.0 Å². The van der Waals surface area contributed by atoms with Gasteiger partial charge in [-0.25, -0.2) is 15.0 Å². The smallest absolute Gasteiger partial charge is 0.254 e. The van der Waals surface area contributed by atoms with Crippen molar-refractivity contribution in [3.05, 3.63) is 84.6 Å². The van der Waals surface area contributed by atoms with Crippen LogP contribution >= 0.6 is 66.7 Å². The predicted octanol–water partition coefficient (Wildman–Crippen LogP) is 8.48. The van der Waals surface area contributed by atoms with Gasteiger partial charge in [0.15, 0.2) is 23.0 Å². The topological polar surface area (TPSA) is 161 Å². The number of phenols is 1. The van der Waals surface area contributed by atoms with Crippen molar-refractivity contribution in [1.82, 2.24) is 35.5 Å². The number of nitrogens with zero attached hydrogens (tertiary/aromatic N) is 5. The predicted molar refractivity (Wildman–Crippen MR) is 212 cm³/mol. The van der Waals surface area contributed by atoms with Gasteiger partial charge in [0.2, 0.25) is 16.4 Å². The zero-order valence-electron chi connectivity index (χ0n) is 30.4. The Morgan fingerprint density at radius 3 is 1.72 bits per heavy atom. The van der Waals surface area contributed by atoms with E-state index in [0.29, 0.717) is 43.2 Å². The van der Waals surface area contributed by atoms with E-state index in [9.17, 15) is 14.7 Å². The molecule has 2 heterocycles. The molecule has 13 nitrogen and oxygen atoms in total. The molecule has 1 radical (unpaired) electrons. The quantitative estimate of drug-likeness (QED) is 0.0839. The zero-order valence-corrected chi connectivity index (χ0v) is 36.8. The molecule has 53 heavy (non-hydrogen) atoms. The molecule has 0 fully saturated rings. The number of hydrogen-bond acceptors (Lipinski definition) is 11. The molecule has 2 aromatic carbocycles. The molecule has 2 aromatic heterocycles. The molecule has 4 rings (SSSR count). The fraction of sp³-hybridized carbons (Fsp3) is 0.353. The number of carbonyl (C=O) groups is 2. The van der Waals surface area contributed by atoms with Crippen LogP contribution in [0.5, 0.6) is 28.9 Å². The molecular formula is C34H42Br2Cl3CuN7O6. The van der Waals surface area contributed by atoms with Gasteiger partial charge in [0, 0.05) is 55.6 Å². The van der Waals surface area contributed by atoms with E-state index in [1.165, 1.54) is 46.8 Å². The monoisotopic (exact) mass is 970 g/mol. The average Bonchev–Trinajstić information content (AvgIpc) is 3.11. The van der Waals surface area contributed by atoms with Gasteiger partial charge in [-0.15, -0.1) is 0 Å². The van der Waals surface area contributed by atoms with Crippen molar-refractivity contribution >= 4 is 78.5 Å². The Bertz CT molecular complexity index is 1760. The Balaban J connectivity index is 0.000000727. The number of amides is 2. The van der Waals surface area contributed by atoms with E-state index in [1.807, 2.05) is 0 Å². The second-order valence-electron chi connectivity index (χ2n) is 10.5. The molecule has 0 saturated heterocycles. The largest absolute Gasteiger partial charge is 0.504 e. The first-order valence-electron chi connectivity index (χ1n) is 15.5. The van der Waals surface area contributed by atoms with Gasteiger partial charge >= 0.3 is 0 Å². The van der Waals surface area contributed by atoms with E-state index >= 15 is 0 Å². The Labute approximate surface area is 352 Å². The van der Waals surface area contributed by atoms with Crippen molar-refractivity contribution in [2.24, 2.45) is 0 Å². The Kier molecular flexibility index (Phi) is 24.5. The zero-order chi connectivity index (χ0) is 39.5. The van der Waals surface area contributed by atoms with Crippen molar-refractivity contribution in [3.63, 3.8) is 0 Å². The first-order chi connectivity index (χ1) is 24.6. The van der Waals surface area contributed by atoms with Gasteiger partial charge in [-0.1, -0.05) is 30.7 Å². The van der Waals surface area contributed by atoms with Gasteiger partial charge < -0.3 is 30.0 Å². The number of methoxy groups -OCH3 is 2. The summed E-state index contributed by atoms with van der Waals surface area (Å²) in [5.74, 6) is 0.347. The van der Waals surface area contributed by atoms with Crippen LogP contribution in [-0.4, -0.2) is 88.7 Å². The summed E-state index contributed by atoms with van der Waals surface area (Å²) < 4.78 is 16.9. The molecule has 3 N–H and O–H groups in total. The molecule has 295 valence electrons. The van der Waals surface area contributed by atoms with Gasteiger partial charge in [0.05, 0.1) is 34.3 Å². The van der Waals surface area contributed by atoms with Crippen LogP contribution in [-0.2, 0) is 17.1 Å². The van der Waals surface area contributed by atoms with Crippen molar-refractivity contribution in [3.8, 4) is 28.9 Å². The van der Waals surface area contributed by atoms with Crippen LogP contribution < -0.4 is 24.8 Å². The minimum atomic E-state index is -0.337. The Morgan fingerprint density at radius 1 is 0.811 bits per heavy atom. The number of phenolic OH excluding ortho intramolecular Hbond substituents is 1. The molecule has 0 spiro atoms. The normalized spacial score (nSPS) is 9.98. The van der Waals surface area contributed by atoms with E-state index in [2.05, 4.69) is 102 Å². The first kappa shape index (κ1) is 50.0. The molecule has 4 aromatic rings. The SMILES string of the molecule is CCN(C(C)C)C(C)C.CNC(=O)c1cccc(OC)c1O.CNC(=O)c1cccc(OC)c1Oc1nc(Cl)ncc1Br.Clc1ncc(Br)c(Cl)n1.[Cu]. The number of hydrogen-bond donors (Lipinski definition) is 3. The minimum Gasteiger partial charge on any atom is -0.504 e. The maximum Gasteiger partial charge on any atom is 0.254 e. The van der Waals surface area contributed by atoms with Crippen LogP contribution in [0.15, 0.2) is 57.7 Å². The number of para-hydroxylation sites is 2. The van der Waals surface area contributed by atoms with E-state index in [-0.39, 0.29) is 62.4 Å². The number of nitrogens with one attached hydrogen (secondary N) is 2. The summed E-state index contributed by atoms with van der Waals surface area (Å²) in [6.45, 7) is 12.3. The number of ether oxygens (including phenoxy) is 3. The van der Waals surface area contributed by atoms with Crippen molar-refractivity contribution < 1.29 is 46.0 Å². The fourth-order valence-corrected chi connectivity index (χ4v) is 5.15. The molecule has 0 bridgehead atoms. The molecule has 0 atom stereocenters. The van der Waals surface area contributed by atoms with E-state index < -0.39 is 0 Å². The van der Waals surface area contributed by atoms with Crippen LogP contribution in [0.2, 0.25) is 15.7 Å². The van der Waals surface area contributed by atoms with Crippen molar-refractivity contribution in [2.75, 3.05) is 34.9 Å². The second-order valence-corrected chi connectivity index (χ2v) is 13.3. The van der Waals surface area contributed by atoms with Gasteiger partial charge in [-0.3, -0.25) is 14.5 Å². The van der Waals surface area contributed by atoms with Crippen LogP contribution in [0, 0.1) is 0 Å². The third-order valence-corrected chi connectivity index (χ3v) is 8.61. The summed E-state index contributed by atoms with van der Waals surface area (Å²) in [5.41, 5.74) is 0.528. The summed E-state index contributed by atoms with van der Waals surface area (Å²) in [5, 5.41) is 15.0. The molecule has 19 heteroatoms. The van der Waals surface area contributed by atoms with Crippen LogP contribution in [0.1, 0.15) is 55.3 Å². The molecule has 0 aliphatic rings. The summed E-state index contributed by atoms with van der Waals surface area (Å²) >= 11 is 23.1. The van der Waals surface area contributed by atoms with Gasteiger partial charge in [0.25, 0.3) is 11.8 Å². The number of carbonyl (C=O) groups excluding carboxylic acids is 2.